The molecule has 1 N–H and O–H groups in total. The number of rotatable bonds is 3. The van der Waals surface area contributed by atoms with Crippen LogP contribution in [0.1, 0.15) is 28.9 Å². The molecule has 1 atom stereocenters. The Bertz CT molecular complexity index is 710. The summed E-state index contributed by atoms with van der Waals surface area (Å²) in [6.07, 6.45) is 2.50. The van der Waals surface area contributed by atoms with Gasteiger partial charge < -0.3 is 9.80 Å². The van der Waals surface area contributed by atoms with Gasteiger partial charge in [-0.05, 0) is 12.8 Å². The largest absolute Gasteiger partial charge is 0.348 e. The van der Waals surface area contributed by atoms with Crippen LogP contribution in [-0.4, -0.2) is 53.8 Å². The van der Waals surface area contributed by atoms with Gasteiger partial charge in [0, 0.05) is 38.5 Å². The first-order valence-electron chi connectivity index (χ1n) is 8.07. The Morgan fingerprint density at radius 2 is 1.96 bits per heavy atom. The number of hydrogen-bond acceptors (Lipinski definition) is 6. The van der Waals surface area contributed by atoms with Gasteiger partial charge in [0.1, 0.15) is 4.88 Å². The summed E-state index contributed by atoms with van der Waals surface area (Å²) in [6.45, 7) is 2.87. The zero-order valence-corrected chi connectivity index (χ0v) is 14.5. The maximum absolute atomic E-state index is 12.6. The summed E-state index contributed by atoms with van der Waals surface area (Å²) in [6, 6.07) is 0. The Morgan fingerprint density at radius 3 is 2.58 bits per heavy atom. The van der Waals surface area contributed by atoms with E-state index in [-0.39, 0.29) is 41.1 Å². The minimum absolute atomic E-state index is 0.0464. The van der Waals surface area contributed by atoms with Gasteiger partial charge >= 0.3 is 0 Å². The number of likely N-dealkylation sites (tertiary alicyclic amines) is 1. The molecule has 1 aromatic rings. The van der Waals surface area contributed by atoms with Crippen molar-refractivity contribution in [2.45, 2.75) is 19.3 Å². The summed E-state index contributed by atoms with van der Waals surface area (Å²) in [5.41, 5.74) is 0. The number of carbonyl (C=O) groups excluding carboxylic acids is 3. The number of nitrogens with one attached hydrogen (secondary N) is 1. The standard InChI is InChI=1S/C15H17ClN4O3S/c16-12-11(24-15(18-12)19-3-1-2-4-19)14(23)20-6-8(7-20)9-5-10(21)17-13(9)22/h8-9H,1-7H2,(H,17,21,22). The molecule has 0 saturated carbocycles. The summed E-state index contributed by atoms with van der Waals surface area (Å²) in [7, 11) is 0. The summed E-state index contributed by atoms with van der Waals surface area (Å²) < 4.78 is 0. The Labute approximate surface area is 148 Å². The van der Waals surface area contributed by atoms with Crippen LogP contribution in [0.4, 0.5) is 5.13 Å². The lowest BCUT2D eigenvalue weighted by Gasteiger charge is -2.41. The molecule has 1 unspecified atom stereocenters. The van der Waals surface area contributed by atoms with E-state index in [1.807, 2.05) is 0 Å². The summed E-state index contributed by atoms with van der Waals surface area (Å²) in [5, 5.41) is 3.38. The average molecular weight is 369 g/mol. The number of amides is 3. The van der Waals surface area contributed by atoms with Gasteiger partial charge in [0.2, 0.25) is 11.8 Å². The Hall–Kier alpha value is -1.67. The third kappa shape index (κ3) is 2.67. The molecule has 128 valence electrons. The first-order chi connectivity index (χ1) is 11.5. The van der Waals surface area contributed by atoms with Crippen molar-refractivity contribution in [2.24, 2.45) is 11.8 Å². The fourth-order valence-corrected chi connectivity index (χ4v) is 4.80. The Kier molecular flexibility index (Phi) is 3.96. The van der Waals surface area contributed by atoms with Gasteiger partial charge in [-0.25, -0.2) is 4.98 Å². The molecule has 4 rings (SSSR count). The molecule has 0 radical (unpaired) electrons. The van der Waals surface area contributed by atoms with Gasteiger partial charge in [0.15, 0.2) is 10.3 Å². The molecule has 3 aliphatic heterocycles. The smallest absolute Gasteiger partial charge is 0.267 e. The van der Waals surface area contributed by atoms with E-state index in [1.165, 1.54) is 11.3 Å². The van der Waals surface area contributed by atoms with Crippen molar-refractivity contribution in [3.05, 3.63) is 10.0 Å². The minimum Gasteiger partial charge on any atom is -0.348 e. The first-order valence-corrected chi connectivity index (χ1v) is 9.26. The number of carbonyl (C=O) groups is 3. The Morgan fingerprint density at radius 1 is 1.25 bits per heavy atom. The van der Waals surface area contributed by atoms with Gasteiger partial charge in [-0.15, -0.1) is 0 Å². The van der Waals surface area contributed by atoms with E-state index < -0.39 is 0 Å². The summed E-state index contributed by atoms with van der Waals surface area (Å²) >= 11 is 7.50. The van der Waals surface area contributed by atoms with E-state index in [2.05, 4.69) is 15.2 Å². The van der Waals surface area contributed by atoms with Crippen molar-refractivity contribution in [1.29, 1.82) is 0 Å². The Balaban J connectivity index is 1.40. The van der Waals surface area contributed by atoms with Crippen molar-refractivity contribution in [3.8, 4) is 0 Å². The SMILES string of the molecule is O=C1CC(C2CN(C(=O)c3sc(N4CCCC4)nc3Cl)C2)C(=O)N1. The van der Waals surface area contributed by atoms with Crippen LogP contribution in [-0.2, 0) is 9.59 Å². The topological polar surface area (TPSA) is 82.6 Å². The minimum atomic E-state index is -0.307. The number of thiazole rings is 1. The van der Waals surface area contributed by atoms with Crippen molar-refractivity contribution < 1.29 is 14.4 Å². The van der Waals surface area contributed by atoms with E-state index in [1.54, 1.807) is 4.90 Å². The van der Waals surface area contributed by atoms with Crippen LogP contribution in [0.25, 0.3) is 0 Å². The molecule has 3 fully saturated rings. The highest BCUT2D eigenvalue weighted by molar-refractivity contribution is 7.18. The van der Waals surface area contributed by atoms with Crippen LogP contribution in [0.15, 0.2) is 0 Å². The number of imide groups is 1. The molecule has 3 aliphatic rings. The third-order valence-corrected chi connectivity index (χ3v) is 6.41. The van der Waals surface area contributed by atoms with Crippen LogP contribution >= 0.6 is 22.9 Å². The van der Waals surface area contributed by atoms with E-state index in [4.69, 9.17) is 11.6 Å². The summed E-state index contributed by atoms with van der Waals surface area (Å²) in [4.78, 5) is 44.2. The van der Waals surface area contributed by atoms with Gasteiger partial charge in [-0.2, -0.15) is 0 Å². The van der Waals surface area contributed by atoms with Crippen LogP contribution < -0.4 is 10.2 Å². The molecule has 0 spiro atoms. The molecule has 9 heteroatoms. The quantitative estimate of drug-likeness (QED) is 0.809. The maximum Gasteiger partial charge on any atom is 0.267 e. The fraction of sp³-hybridized carbons (Fsp3) is 0.600. The predicted molar refractivity (Wildman–Crippen MR) is 89.2 cm³/mol. The highest BCUT2D eigenvalue weighted by Crippen LogP contribution is 2.35. The monoisotopic (exact) mass is 368 g/mol. The highest BCUT2D eigenvalue weighted by atomic mass is 35.5. The maximum atomic E-state index is 12.6. The molecule has 4 heterocycles. The van der Waals surface area contributed by atoms with Crippen molar-refractivity contribution in [1.82, 2.24) is 15.2 Å². The van der Waals surface area contributed by atoms with Crippen molar-refractivity contribution in [2.75, 3.05) is 31.1 Å². The van der Waals surface area contributed by atoms with E-state index in [0.29, 0.717) is 18.0 Å². The lowest BCUT2D eigenvalue weighted by atomic mass is 9.84. The number of hydrogen-bond donors (Lipinski definition) is 1. The van der Waals surface area contributed by atoms with Gasteiger partial charge in [0.25, 0.3) is 5.91 Å². The fourth-order valence-electron chi connectivity index (χ4n) is 3.50. The third-order valence-electron chi connectivity index (χ3n) is 4.92. The normalized spacial score (nSPS) is 24.5. The second-order valence-corrected chi connectivity index (χ2v) is 7.84. The molecule has 3 amide bonds. The summed E-state index contributed by atoms with van der Waals surface area (Å²) in [5.74, 6) is -0.840. The molecular weight excluding hydrogens is 352 g/mol. The average Bonchev–Trinajstić information content (AvgIpc) is 3.18. The first kappa shape index (κ1) is 15.8. The van der Waals surface area contributed by atoms with Gasteiger partial charge in [0.05, 0.1) is 5.92 Å². The number of aromatic nitrogens is 1. The lowest BCUT2D eigenvalue weighted by molar-refractivity contribution is -0.127. The zero-order valence-electron chi connectivity index (χ0n) is 13.0. The molecular formula is C15H17ClN4O3S. The molecule has 0 aromatic carbocycles. The van der Waals surface area contributed by atoms with Gasteiger partial charge in [-0.3, -0.25) is 19.7 Å². The second-order valence-electron chi connectivity index (χ2n) is 6.50. The van der Waals surface area contributed by atoms with Crippen molar-refractivity contribution in [3.63, 3.8) is 0 Å². The van der Waals surface area contributed by atoms with Crippen LogP contribution in [0.5, 0.6) is 0 Å². The molecule has 3 saturated heterocycles. The predicted octanol–water partition coefficient (Wildman–Crippen LogP) is 1.13. The van der Waals surface area contributed by atoms with Crippen molar-refractivity contribution >= 4 is 45.8 Å². The van der Waals surface area contributed by atoms with Gasteiger partial charge in [-0.1, -0.05) is 22.9 Å². The van der Waals surface area contributed by atoms with E-state index in [9.17, 15) is 14.4 Å². The van der Waals surface area contributed by atoms with Crippen LogP contribution in [0.3, 0.4) is 0 Å². The molecule has 1 aromatic heterocycles. The highest BCUT2D eigenvalue weighted by Gasteiger charge is 2.44. The molecule has 7 nitrogen and oxygen atoms in total. The molecule has 0 bridgehead atoms. The number of halogens is 1. The van der Waals surface area contributed by atoms with Crippen LogP contribution in [0.2, 0.25) is 5.15 Å². The molecule has 24 heavy (non-hydrogen) atoms. The number of anilines is 1. The van der Waals surface area contributed by atoms with Crippen LogP contribution in [0, 0.1) is 11.8 Å². The second kappa shape index (κ2) is 6.00. The number of nitrogens with zero attached hydrogens (tertiary/aromatic N) is 3. The van der Waals surface area contributed by atoms with E-state index >= 15 is 0 Å². The lowest BCUT2D eigenvalue weighted by Crippen LogP contribution is -2.53. The van der Waals surface area contributed by atoms with E-state index in [0.717, 1.165) is 31.1 Å². The zero-order chi connectivity index (χ0) is 16.8. The molecule has 0 aliphatic carbocycles.